The molecular formula is C12H14N2O. The van der Waals surface area contributed by atoms with Gasteiger partial charge in [-0.15, -0.1) is 0 Å². The first-order valence-corrected chi connectivity index (χ1v) is 5.21. The molecule has 3 heteroatoms. The summed E-state index contributed by atoms with van der Waals surface area (Å²) >= 11 is 0. The Balaban J connectivity index is 2.12. The predicted octanol–water partition coefficient (Wildman–Crippen LogP) is 1.34. The zero-order valence-electron chi connectivity index (χ0n) is 8.48. The molecule has 3 nitrogen and oxygen atoms in total. The van der Waals surface area contributed by atoms with Crippen molar-refractivity contribution in [2.75, 3.05) is 6.54 Å². The van der Waals surface area contributed by atoms with Crippen molar-refractivity contribution in [1.29, 1.82) is 5.26 Å². The first kappa shape index (κ1) is 10.2. The second-order valence-corrected chi connectivity index (χ2v) is 3.92. The van der Waals surface area contributed by atoms with E-state index >= 15 is 0 Å². The minimum absolute atomic E-state index is 0.202. The Morgan fingerprint density at radius 3 is 2.67 bits per heavy atom. The van der Waals surface area contributed by atoms with E-state index in [2.05, 4.69) is 11.4 Å². The highest BCUT2D eigenvalue weighted by atomic mass is 16.3. The van der Waals surface area contributed by atoms with E-state index in [9.17, 15) is 5.11 Å². The summed E-state index contributed by atoms with van der Waals surface area (Å²) in [4.78, 5) is 0. The normalized spacial score (nSPS) is 25.9. The first-order chi connectivity index (χ1) is 7.29. The quantitative estimate of drug-likeness (QED) is 0.722. The van der Waals surface area contributed by atoms with E-state index in [0.29, 0.717) is 5.56 Å². The number of benzene rings is 1. The van der Waals surface area contributed by atoms with Crippen molar-refractivity contribution in [2.24, 2.45) is 0 Å². The van der Waals surface area contributed by atoms with Crippen LogP contribution in [0.4, 0.5) is 0 Å². The minimum Gasteiger partial charge on any atom is -0.393 e. The molecular weight excluding hydrogens is 188 g/mol. The molecule has 0 saturated carbocycles. The van der Waals surface area contributed by atoms with Gasteiger partial charge in [-0.05, 0) is 37.1 Å². The second-order valence-electron chi connectivity index (χ2n) is 3.92. The molecule has 1 fully saturated rings. The summed E-state index contributed by atoms with van der Waals surface area (Å²) in [6.45, 7) is 0.853. The Kier molecular flexibility index (Phi) is 3.00. The number of nitrogens with one attached hydrogen (secondary N) is 1. The van der Waals surface area contributed by atoms with Crippen LogP contribution in [0.2, 0.25) is 0 Å². The Labute approximate surface area is 89.4 Å². The van der Waals surface area contributed by atoms with Gasteiger partial charge in [-0.3, -0.25) is 0 Å². The van der Waals surface area contributed by atoms with Crippen LogP contribution in [0, 0.1) is 11.3 Å². The fraction of sp³-hybridized carbons (Fsp3) is 0.417. The van der Waals surface area contributed by atoms with Crippen LogP contribution in [0.1, 0.15) is 30.0 Å². The van der Waals surface area contributed by atoms with Gasteiger partial charge in [0.25, 0.3) is 0 Å². The monoisotopic (exact) mass is 202 g/mol. The lowest BCUT2D eigenvalue weighted by Gasteiger charge is -2.27. The highest BCUT2D eigenvalue weighted by molar-refractivity contribution is 5.33. The van der Waals surface area contributed by atoms with Crippen LogP contribution in [-0.2, 0) is 0 Å². The average molecular weight is 202 g/mol. The smallest absolute Gasteiger partial charge is 0.0991 e. The van der Waals surface area contributed by atoms with Crippen LogP contribution in [0.25, 0.3) is 0 Å². The third kappa shape index (κ3) is 2.35. The molecule has 0 amide bonds. The van der Waals surface area contributed by atoms with Gasteiger partial charge < -0.3 is 10.4 Å². The topological polar surface area (TPSA) is 56.0 Å². The second kappa shape index (κ2) is 4.43. The van der Waals surface area contributed by atoms with Crippen LogP contribution in [-0.4, -0.2) is 17.8 Å². The largest absolute Gasteiger partial charge is 0.393 e. The van der Waals surface area contributed by atoms with Crippen molar-refractivity contribution < 1.29 is 5.11 Å². The van der Waals surface area contributed by atoms with Crippen molar-refractivity contribution >= 4 is 0 Å². The van der Waals surface area contributed by atoms with E-state index in [4.69, 9.17) is 5.26 Å². The number of aliphatic hydroxyl groups excluding tert-OH is 1. The highest BCUT2D eigenvalue weighted by Crippen LogP contribution is 2.23. The number of nitriles is 1. The van der Waals surface area contributed by atoms with E-state index in [1.165, 1.54) is 0 Å². The molecule has 0 aliphatic carbocycles. The van der Waals surface area contributed by atoms with Crippen LogP contribution >= 0.6 is 0 Å². The Morgan fingerprint density at radius 2 is 2.07 bits per heavy atom. The van der Waals surface area contributed by atoms with Crippen molar-refractivity contribution in [2.45, 2.75) is 25.0 Å². The lowest BCUT2D eigenvalue weighted by molar-refractivity contribution is 0.117. The molecule has 2 N–H and O–H groups in total. The van der Waals surface area contributed by atoms with E-state index < -0.39 is 0 Å². The summed E-state index contributed by atoms with van der Waals surface area (Å²) < 4.78 is 0. The summed E-state index contributed by atoms with van der Waals surface area (Å²) in [6, 6.07) is 9.86. The first-order valence-electron chi connectivity index (χ1n) is 5.21. The van der Waals surface area contributed by atoms with Gasteiger partial charge in [0, 0.05) is 6.04 Å². The molecule has 1 aromatic carbocycles. The Morgan fingerprint density at radius 1 is 1.33 bits per heavy atom. The number of nitrogens with zero attached hydrogens (tertiary/aromatic N) is 1. The number of hydrogen-bond acceptors (Lipinski definition) is 3. The summed E-state index contributed by atoms with van der Waals surface area (Å²) in [5.41, 5.74) is 1.82. The molecule has 1 aliphatic rings. The van der Waals surface area contributed by atoms with Gasteiger partial charge in [0.1, 0.15) is 0 Å². The van der Waals surface area contributed by atoms with Crippen molar-refractivity contribution in [3.05, 3.63) is 35.4 Å². The number of rotatable bonds is 1. The SMILES string of the molecule is N#Cc1ccc([C@@H]2C[C@H](O)CCN2)cc1. The third-order valence-corrected chi connectivity index (χ3v) is 2.82. The minimum atomic E-state index is -0.202. The maximum Gasteiger partial charge on any atom is 0.0991 e. The van der Waals surface area contributed by atoms with Gasteiger partial charge in [-0.2, -0.15) is 5.26 Å². The molecule has 15 heavy (non-hydrogen) atoms. The molecule has 0 radical (unpaired) electrons. The van der Waals surface area contributed by atoms with E-state index in [1.807, 2.05) is 24.3 Å². The molecule has 1 saturated heterocycles. The fourth-order valence-corrected chi connectivity index (χ4v) is 1.94. The molecule has 0 unspecified atom stereocenters. The van der Waals surface area contributed by atoms with E-state index in [0.717, 1.165) is 24.9 Å². The summed E-state index contributed by atoms with van der Waals surface area (Å²) in [6.07, 6.45) is 1.38. The van der Waals surface area contributed by atoms with Gasteiger partial charge in [-0.25, -0.2) is 0 Å². The maximum absolute atomic E-state index is 9.55. The number of aliphatic hydroxyl groups is 1. The van der Waals surface area contributed by atoms with Gasteiger partial charge in [0.2, 0.25) is 0 Å². The molecule has 1 aliphatic heterocycles. The lowest BCUT2D eigenvalue weighted by Crippen LogP contribution is -2.34. The van der Waals surface area contributed by atoms with Gasteiger partial charge in [-0.1, -0.05) is 12.1 Å². The van der Waals surface area contributed by atoms with Gasteiger partial charge in [0.05, 0.1) is 17.7 Å². The van der Waals surface area contributed by atoms with Crippen molar-refractivity contribution in [1.82, 2.24) is 5.32 Å². The molecule has 0 bridgehead atoms. The summed E-state index contributed by atoms with van der Waals surface area (Å²) in [5.74, 6) is 0. The molecule has 0 aromatic heterocycles. The zero-order valence-corrected chi connectivity index (χ0v) is 8.48. The van der Waals surface area contributed by atoms with Crippen LogP contribution in [0.3, 0.4) is 0 Å². The predicted molar refractivity (Wildman–Crippen MR) is 57.1 cm³/mol. The van der Waals surface area contributed by atoms with Crippen LogP contribution in [0.15, 0.2) is 24.3 Å². The zero-order chi connectivity index (χ0) is 10.7. The summed E-state index contributed by atoms with van der Waals surface area (Å²) in [5, 5.41) is 21.6. The number of piperidine rings is 1. The Hall–Kier alpha value is -1.37. The summed E-state index contributed by atoms with van der Waals surface area (Å²) in [7, 11) is 0. The highest BCUT2D eigenvalue weighted by Gasteiger charge is 2.20. The van der Waals surface area contributed by atoms with Crippen LogP contribution in [0.5, 0.6) is 0 Å². The Bertz CT molecular complexity index is 366. The van der Waals surface area contributed by atoms with E-state index in [1.54, 1.807) is 0 Å². The van der Waals surface area contributed by atoms with Gasteiger partial charge in [0.15, 0.2) is 0 Å². The molecule has 0 spiro atoms. The van der Waals surface area contributed by atoms with Crippen molar-refractivity contribution in [3.8, 4) is 6.07 Å². The third-order valence-electron chi connectivity index (χ3n) is 2.82. The lowest BCUT2D eigenvalue weighted by atomic mass is 9.95. The van der Waals surface area contributed by atoms with Crippen LogP contribution < -0.4 is 5.32 Å². The molecule has 1 heterocycles. The fourth-order valence-electron chi connectivity index (χ4n) is 1.94. The standard InChI is InChI=1S/C12H14N2O/c13-8-9-1-3-10(4-2-9)12-7-11(15)5-6-14-12/h1-4,11-12,14-15H,5-7H2/t11-,12+/m1/s1. The number of hydrogen-bond donors (Lipinski definition) is 2. The van der Waals surface area contributed by atoms with E-state index in [-0.39, 0.29) is 12.1 Å². The average Bonchev–Trinajstić information content (AvgIpc) is 2.29. The molecule has 2 rings (SSSR count). The molecule has 1 aromatic rings. The molecule has 2 atom stereocenters. The van der Waals surface area contributed by atoms with Gasteiger partial charge >= 0.3 is 0 Å². The maximum atomic E-state index is 9.55. The van der Waals surface area contributed by atoms with Crippen molar-refractivity contribution in [3.63, 3.8) is 0 Å². The molecule has 78 valence electrons.